The third-order valence-electron chi connectivity index (χ3n) is 6.76. The first-order valence-corrected chi connectivity index (χ1v) is 14.5. The minimum absolute atomic E-state index is 0.0791. The van der Waals surface area contributed by atoms with E-state index in [2.05, 4.69) is 14.6 Å². The second-order valence-electron chi connectivity index (χ2n) is 9.63. The molecule has 41 heavy (non-hydrogen) atoms. The van der Waals surface area contributed by atoms with Crippen molar-refractivity contribution in [2.45, 2.75) is 5.75 Å². The lowest BCUT2D eigenvalue weighted by atomic mass is 10.0. The van der Waals surface area contributed by atoms with Crippen molar-refractivity contribution in [1.82, 2.24) is 14.6 Å². The van der Waals surface area contributed by atoms with E-state index in [9.17, 15) is 27.5 Å². The van der Waals surface area contributed by atoms with E-state index in [1.165, 1.54) is 30.6 Å². The Bertz CT molecular complexity index is 1670. The summed E-state index contributed by atoms with van der Waals surface area (Å²) < 4.78 is 41.7. The number of pyridine rings is 1. The van der Waals surface area contributed by atoms with Crippen molar-refractivity contribution in [3.63, 3.8) is 0 Å². The van der Waals surface area contributed by atoms with E-state index in [1.54, 1.807) is 65.6 Å². The molecule has 2 amide bonds. The van der Waals surface area contributed by atoms with Crippen LogP contribution in [0.4, 0.5) is 10.1 Å². The Labute approximate surface area is 236 Å². The molecule has 5 rings (SSSR count). The molecule has 1 saturated heterocycles. The van der Waals surface area contributed by atoms with Crippen molar-refractivity contribution < 1.29 is 27.5 Å². The van der Waals surface area contributed by atoms with Crippen molar-refractivity contribution in [3.05, 3.63) is 114 Å². The molecule has 11 heteroatoms. The zero-order valence-corrected chi connectivity index (χ0v) is 22.7. The Morgan fingerprint density at radius 3 is 2.22 bits per heavy atom. The summed E-state index contributed by atoms with van der Waals surface area (Å²) in [6, 6.07) is 20.9. The van der Waals surface area contributed by atoms with Crippen LogP contribution in [-0.2, 0) is 15.8 Å². The summed E-state index contributed by atoms with van der Waals surface area (Å²) in [5, 5.41) is 9.62. The standard InChI is InChI=1S/C30H27FN4O5S/c31-28-17-23(8-11-27(28)24-16-26(36)19-32-18-24)30(38)35-14-12-34(13-15-35)25-9-6-22(7-10-25)29(37)33-41(39,40)20-21-4-2-1-3-5-21/h1-11,16-19,36H,12-15,20H2,(H,33,37). The van der Waals surface area contributed by atoms with E-state index < -0.39 is 21.7 Å². The lowest BCUT2D eigenvalue weighted by molar-refractivity contribution is 0.0746. The quantitative estimate of drug-likeness (QED) is 0.344. The second kappa shape index (κ2) is 11.8. The molecule has 0 bridgehead atoms. The van der Waals surface area contributed by atoms with Crippen molar-refractivity contribution in [2.75, 3.05) is 31.1 Å². The van der Waals surface area contributed by atoms with Gasteiger partial charge in [-0.15, -0.1) is 0 Å². The molecule has 1 aliphatic heterocycles. The number of benzene rings is 3. The van der Waals surface area contributed by atoms with Gasteiger partial charge in [0.2, 0.25) is 10.0 Å². The number of halogens is 1. The zero-order chi connectivity index (χ0) is 29.0. The Hall–Kier alpha value is -4.77. The van der Waals surface area contributed by atoms with Gasteiger partial charge in [0.15, 0.2) is 0 Å². The Balaban J connectivity index is 1.17. The Morgan fingerprint density at radius 1 is 0.878 bits per heavy atom. The van der Waals surface area contributed by atoms with E-state index in [4.69, 9.17) is 0 Å². The van der Waals surface area contributed by atoms with E-state index >= 15 is 0 Å². The van der Waals surface area contributed by atoms with E-state index in [0.29, 0.717) is 37.3 Å². The number of rotatable bonds is 7. The number of anilines is 1. The SMILES string of the molecule is O=C(NS(=O)(=O)Cc1ccccc1)c1ccc(N2CCN(C(=O)c3ccc(-c4cncc(O)c4)c(F)c3)CC2)cc1. The molecule has 2 N–H and O–H groups in total. The lowest BCUT2D eigenvalue weighted by Gasteiger charge is -2.36. The van der Waals surface area contributed by atoms with Crippen LogP contribution in [0.2, 0.25) is 0 Å². The van der Waals surface area contributed by atoms with Crippen LogP contribution in [0, 0.1) is 5.82 Å². The molecule has 1 fully saturated rings. The van der Waals surface area contributed by atoms with E-state index in [0.717, 1.165) is 5.69 Å². The molecule has 3 aromatic carbocycles. The molecular weight excluding hydrogens is 547 g/mol. The van der Waals surface area contributed by atoms with Crippen LogP contribution in [0.25, 0.3) is 11.1 Å². The first-order chi connectivity index (χ1) is 19.7. The van der Waals surface area contributed by atoms with Crippen molar-refractivity contribution >= 4 is 27.5 Å². The molecule has 0 atom stereocenters. The summed E-state index contributed by atoms with van der Waals surface area (Å²) in [5.41, 5.74) is 2.49. The van der Waals surface area contributed by atoms with E-state index in [1.807, 2.05) is 0 Å². The van der Waals surface area contributed by atoms with Crippen LogP contribution in [0.15, 0.2) is 91.3 Å². The molecule has 1 aliphatic rings. The number of nitrogens with one attached hydrogen (secondary N) is 1. The highest BCUT2D eigenvalue weighted by Crippen LogP contribution is 2.26. The van der Waals surface area contributed by atoms with Gasteiger partial charge in [-0.1, -0.05) is 36.4 Å². The Morgan fingerprint density at radius 2 is 1.56 bits per heavy atom. The molecule has 4 aromatic rings. The van der Waals surface area contributed by atoms with Gasteiger partial charge in [-0.05, 0) is 48.0 Å². The maximum Gasteiger partial charge on any atom is 0.264 e. The van der Waals surface area contributed by atoms with Crippen LogP contribution in [0.3, 0.4) is 0 Å². The van der Waals surface area contributed by atoms with Gasteiger partial charge in [-0.3, -0.25) is 14.6 Å². The Kier molecular flexibility index (Phi) is 7.97. The highest BCUT2D eigenvalue weighted by molar-refractivity contribution is 7.89. The monoisotopic (exact) mass is 574 g/mol. The van der Waals surface area contributed by atoms with Crippen LogP contribution in [-0.4, -0.2) is 61.4 Å². The first kappa shape index (κ1) is 27.8. The van der Waals surface area contributed by atoms with Gasteiger partial charge >= 0.3 is 0 Å². The number of nitrogens with zero attached hydrogens (tertiary/aromatic N) is 3. The summed E-state index contributed by atoms with van der Waals surface area (Å²) in [6.07, 6.45) is 2.69. The van der Waals surface area contributed by atoms with Gasteiger partial charge in [-0.25, -0.2) is 17.5 Å². The normalized spacial score (nSPS) is 13.6. The summed E-state index contributed by atoms with van der Waals surface area (Å²) in [4.78, 5) is 33.2. The van der Waals surface area contributed by atoms with Gasteiger partial charge in [-0.2, -0.15) is 0 Å². The number of hydrogen-bond donors (Lipinski definition) is 2. The number of piperazine rings is 1. The third-order valence-corrected chi connectivity index (χ3v) is 7.97. The maximum absolute atomic E-state index is 14.8. The molecule has 2 heterocycles. The van der Waals surface area contributed by atoms with Gasteiger partial charge < -0.3 is 14.9 Å². The summed E-state index contributed by atoms with van der Waals surface area (Å²) in [7, 11) is -3.85. The molecule has 1 aromatic heterocycles. The minimum atomic E-state index is -3.85. The number of sulfonamides is 1. The third kappa shape index (κ3) is 6.69. The summed E-state index contributed by atoms with van der Waals surface area (Å²) in [6.45, 7) is 1.88. The molecule has 9 nitrogen and oxygen atoms in total. The van der Waals surface area contributed by atoms with Crippen LogP contribution in [0.5, 0.6) is 5.75 Å². The minimum Gasteiger partial charge on any atom is -0.506 e. The highest BCUT2D eigenvalue weighted by Gasteiger charge is 2.24. The highest BCUT2D eigenvalue weighted by atomic mass is 32.2. The average molecular weight is 575 g/mol. The molecule has 0 aliphatic carbocycles. The fraction of sp³-hybridized carbons (Fsp3) is 0.167. The second-order valence-corrected chi connectivity index (χ2v) is 11.4. The number of aromatic nitrogens is 1. The van der Waals surface area contributed by atoms with Gasteiger partial charge in [0.1, 0.15) is 11.6 Å². The van der Waals surface area contributed by atoms with Crippen molar-refractivity contribution in [2.24, 2.45) is 0 Å². The fourth-order valence-electron chi connectivity index (χ4n) is 4.66. The number of carbonyl (C=O) groups excluding carboxylic acids is 2. The molecule has 0 saturated carbocycles. The molecule has 0 spiro atoms. The topological polar surface area (TPSA) is 120 Å². The van der Waals surface area contributed by atoms with Crippen LogP contribution < -0.4 is 9.62 Å². The van der Waals surface area contributed by atoms with E-state index in [-0.39, 0.29) is 34.1 Å². The van der Waals surface area contributed by atoms with Crippen molar-refractivity contribution in [3.8, 4) is 16.9 Å². The molecule has 210 valence electrons. The van der Waals surface area contributed by atoms with Crippen molar-refractivity contribution in [1.29, 1.82) is 0 Å². The average Bonchev–Trinajstić information content (AvgIpc) is 2.97. The van der Waals surface area contributed by atoms with Crippen LogP contribution >= 0.6 is 0 Å². The molecule has 0 unspecified atom stereocenters. The van der Waals surface area contributed by atoms with Gasteiger partial charge in [0.05, 0.1) is 11.9 Å². The van der Waals surface area contributed by atoms with Crippen LogP contribution in [0.1, 0.15) is 26.3 Å². The molecular formula is C30H27FN4O5S. The number of aromatic hydroxyl groups is 1. The zero-order valence-electron chi connectivity index (χ0n) is 21.9. The first-order valence-electron chi connectivity index (χ1n) is 12.9. The number of carbonyl (C=O) groups is 2. The smallest absolute Gasteiger partial charge is 0.264 e. The fourth-order valence-corrected chi connectivity index (χ4v) is 5.76. The number of amides is 2. The van der Waals surface area contributed by atoms with Gasteiger partial charge in [0.25, 0.3) is 11.8 Å². The number of hydrogen-bond acceptors (Lipinski definition) is 7. The summed E-state index contributed by atoms with van der Waals surface area (Å²) >= 11 is 0. The predicted octanol–water partition coefficient (Wildman–Crippen LogP) is 3.82. The molecule has 0 radical (unpaired) electrons. The van der Waals surface area contributed by atoms with Gasteiger partial charge in [0, 0.05) is 60.3 Å². The maximum atomic E-state index is 14.8. The lowest BCUT2D eigenvalue weighted by Crippen LogP contribution is -2.48. The summed E-state index contributed by atoms with van der Waals surface area (Å²) in [5.74, 6) is -1.95. The largest absolute Gasteiger partial charge is 0.506 e. The predicted molar refractivity (Wildman–Crippen MR) is 152 cm³/mol.